The Bertz CT molecular complexity index is 750. The van der Waals surface area contributed by atoms with Crippen molar-refractivity contribution in [3.63, 3.8) is 0 Å². The van der Waals surface area contributed by atoms with Crippen LogP contribution in [0, 0.1) is 0 Å². The second kappa shape index (κ2) is 7.85. The van der Waals surface area contributed by atoms with Crippen LogP contribution in [-0.4, -0.2) is 79.7 Å². The summed E-state index contributed by atoms with van der Waals surface area (Å²) in [4.78, 5) is 25.8. The number of rotatable bonds is 8. The van der Waals surface area contributed by atoms with Crippen LogP contribution < -0.4 is 5.73 Å². The molecule has 1 saturated heterocycles. The molecule has 0 aromatic carbocycles. The predicted molar refractivity (Wildman–Crippen MR) is 88.4 cm³/mol. The smallest absolute Gasteiger partial charge is 0.358 e. The van der Waals surface area contributed by atoms with Crippen molar-refractivity contribution in [1.29, 1.82) is 0 Å². The molecule has 0 radical (unpaired) electrons. The number of β-lactam (4-membered cyclic amide) rings is 1. The van der Waals surface area contributed by atoms with Crippen LogP contribution >= 0.6 is 11.8 Å². The van der Waals surface area contributed by atoms with Crippen molar-refractivity contribution in [2.24, 2.45) is 5.73 Å². The summed E-state index contributed by atoms with van der Waals surface area (Å²) in [6.07, 6.45) is 1.43. The lowest BCUT2D eigenvalue weighted by atomic mass is 9.94. The van der Waals surface area contributed by atoms with E-state index in [9.17, 15) is 9.59 Å². The maximum atomic E-state index is 12.4. The van der Waals surface area contributed by atoms with Crippen LogP contribution in [0.4, 0.5) is 0 Å². The molecule has 1 fully saturated rings. The predicted octanol–water partition coefficient (Wildman–Crippen LogP) is -1.73. The summed E-state index contributed by atoms with van der Waals surface area (Å²) in [6, 6.07) is -1.08. The lowest BCUT2D eigenvalue weighted by Crippen LogP contribution is -2.71. The van der Waals surface area contributed by atoms with Gasteiger partial charge in [0, 0.05) is 0 Å². The Morgan fingerprint density at radius 1 is 1.58 bits per heavy atom. The number of nitrogens with zero attached hydrogens (tertiary/aromatic N) is 5. The molecule has 1 aromatic heterocycles. The Balaban J connectivity index is 1.81. The number of esters is 1. The summed E-state index contributed by atoms with van der Waals surface area (Å²) in [5.41, 5.74) is 5.81. The van der Waals surface area contributed by atoms with E-state index in [4.69, 9.17) is 20.3 Å². The van der Waals surface area contributed by atoms with Gasteiger partial charge in [-0.05, 0) is 10.4 Å². The van der Waals surface area contributed by atoms with Crippen molar-refractivity contribution in [2.75, 3.05) is 25.6 Å². The van der Waals surface area contributed by atoms with E-state index in [2.05, 4.69) is 22.1 Å². The van der Waals surface area contributed by atoms with E-state index < -0.39 is 12.0 Å². The van der Waals surface area contributed by atoms with Gasteiger partial charge in [-0.3, -0.25) is 9.69 Å². The molecule has 12 heteroatoms. The first kappa shape index (κ1) is 18.4. The molecule has 3 rings (SSSR count). The maximum Gasteiger partial charge on any atom is 0.358 e. The molecule has 0 aliphatic carbocycles. The minimum absolute atomic E-state index is 0.0102. The van der Waals surface area contributed by atoms with E-state index in [1.807, 2.05) is 0 Å². The van der Waals surface area contributed by atoms with Gasteiger partial charge in [-0.15, -0.1) is 5.10 Å². The average molecular weight is 382 g/mol. The zero-order valence-corrected chi connectivity index (χ0v) is 14.6. The SMILES string of the molecule is C=CCOC(=O)C1=C(CSc2nnnn2CCO)OC[C@@H]2[C@H](N)C(=O)N12. The molecule has 1 amide bonds. The van der Waals surface area contributed by atoms with E-state index in [-0.39, 0.29) is 49.8 Å². The first-order valence-electron chi connectivity index (χ1n) is 7.81. The average Bonchev–Trinajstić information content (AvgIpc) is 3.10. The summed E-state index contributed by atoms with van der Waals surface area (Å²) in [6.45, 7) is 3.83. The van der Waals surface area contributed by atoms with Crippen molar-refractivity contribution in [3.05, 3.63) is 24.1 Å². The van der Waals surface area contributed by atoms with Crippen LogP contribution in [0.1, 0.15) is 0 Å². The Morgan fingerprint density at radius 3 is 3.12 bits per heavy atom. The highest BCUT2D eigenvalue weighted by atomic mass is 32.2. The van der Waals surface area contributed by atoms with E-state index in [1.54, 1.807) is 0 Å². The second-order valence-corrected chi connectivity index (χ2v) is 6.41. The molecule has 140 valence electrons. The molecule has 0 spiro atoms. The number of aromatic nitrogens is 4. The third kappa shape index (κ3) is 3.30. The van der Waals surface area contributed by atoms with E-state index >= 15 is 0 Å². The van der Waals surface area contributed by atoms with Crippen molar-refractivity contribution < 1.29 is 24.2 Å². The van der Waals surface area contributed by atoms with Crippen molar-refractivity contribution >= 4 is 23.6 Å². The molecule has 0 saturated carbocycles. The standard InChI is InChI=1S/C14H18N6O5S/c1-2-5-24-13(23)11-9(25-6-8-10(15)12(22)20(8)11)7-26-14-16-17-18-19(14)3-4-21/h2,8,10,21H,1,3-7,15H2/t8-,10+/m1/s1. The fourth-order valence-electron chi connectivity index (χ4n) is 2.60. The molecule has 26 heavy (non-hydrogen) atoms. The fraction of sp³-hybridized carbons (Fsp3) is 0.500. The van der Waals surface area contributed by atoms with Crippen LogP contribution in [-0.2, 0) is 25.6 Å². The van der Waals surface area contributed by atoms with Gasteiger partial charge in [0.15, 0.2) is 5.70 Å². The van der Waals surface area contributed by atoms with Gasteiger partial charge in [-0.25, -0.2) is 9.48 Å². The zero-order valence-electron chi connectivity index (χ0n) is 13.8. The fourth-order valence-corrected chi connectivity index (χ4v) is 3.45. The van der Waals surface area contributed by atoms with Gasteiger partial charge < -0.3 is 20.3 Å². The Morgan fingerprint density at radius 2 is 2.38 bits per heavy atom. The quantitative estimate of drug-likeness (QED) is 0.230. The molecule has 2 atom stereocenters. The number of hydrogen-bond donors (Lipinski definition) is 2. The molecule has 3 N–H and O–H groups in total. The number of thioether (sulfide) groups is 1. The van der Waals surface area contributed by atoms with Gasteiger partial charge >= 0.3 is 5.97 Å². The lowest BCUT2D eigenvalue weighted by Gasteiger charge is -2.48. The van der Waals surface area contributed by atoms with E-state index in [1.165, 1.54) is 27.4 Å². The molecule has 1 aromatic rings. The molecule has 2 aliphatic rings. The molecule has 2 aliphatic heterocycles. The number of aliphatic hydroxyl groups excluding tert-OH is 1. The lowest BCUT2D eigenvalue weighted by molar-refractivity contribution is -0.158. The maximum absolute atomic E-state index is 12.4. The number of nitrogens with two attached hydrogens (primary N) is 1. The molecular weight excluding hydrogens is 364 g/mol. The number of aliphatic hydroxyl groups is 1. The third-order valence-electron chi connectivity index (χ3n) is 3.87. The first-order valence-corrected chi connectivity index (χ1v) is 8.79. The highest BCUT2D eigenvalue weighted by molar-refractivity contribution is 7.99. The Kier molecular flexibility index (Phi) is 5.54. The normalized spacial score (nSPS) is 21.8. The molecule has 0 unspecified atom stereocenters. The van der Waals surface area contributed by atoms with Gasteiger partial charge in [0.05, 0.1) is 24.9 Å². The number of amides is 1. The van der Waals surface area contributed by atoms with Crippen molar-refractivity contribution in [2.45, 2.75) is 23.8 Å². The highest BCUT2D eigenvalue weighted by Crippen LogP contribution is 2.34. The van der Waals surface area contributed by atoms with Crippen molar-refractivity contribution in [3.8, 4) is 0 Å². The van der Waals surface area contributed by atoms with Gasteiger partial charge in [-0.1, -0.05) is 24.4 Å². The number of tetrazole rings is 1. The Labute approximate surface area is 152 Å². The number of carbonyl (C=O) groups excluding carboxylic acids is 2. The highest BCUT2D eigenvalue weighted by Gasteiger charge is 2.52. The van der Waals surface area contributed by atoms with Crippen LogP contribution in [0.15, 0.2) is 29.3 Å². The van der Waals surface area contributed by atoms with Gasteiger partial charge in [0.1, 0.15) is 25.0 Å². The van der Waals surface area contributed by atoms with Crippen LogP contribution in [0.25, 0.3) is 0 Å². The largest absolute Gasteiger partial charge is 0.492 e. The summed E-state index contributed by atoms with van der Waals surface area (Å²) >= 11 is 1.21. The third-order valence-corrected chi connectivity index (χ3v) is 4.83. The summed E-state index contributed by atoms with van der Waals surface area (Å²) in [5, 5.41) is 20.6. The molecule has 3 heterocycles. The minimum atomic E-state index is -0.691. The zero-order chi connectivity index (χ0) is 18.7. The number of carbonyl (C=O) groups is 2. The van der Waals surface area contributed by atoms with Gasteiger partial charge in [-0.2, -0.15) is 0 Å². The molecule has 0 bridgehead atoms. The summed E-state index contributed by atoms with van der Waals surface area (Å²) in [5.74, 6) is -0.535. The van der Waals surface area contributed by atoms with E-state index in [0.717, 1.165) is 0 Å². The van der Waals surface area contributed by atoms with E-state index in [0.29, 0.717) is 10.9 Å². The van der Waals surface area contributed by atoms with Crippen LogP contribution in [0.2, 0.25) is 0 Å². The van der Waals surface area contributed by atoms with Gasteiger partial charge in [0.25, 0.3) is 0 Å². The minimum Gasteiger partial charge on any atom is -0.492 e. The summed E-state index contributed by atoms with van der Waals surface area (Å²) < 4.78 is 12.2. The van der Waals surface area contributed by atoms with Crippen LogP contribution in [0.5, 0.6) is 0 Å². The number of hydrogen-bond acceptors (Lipinski definition) is 10. The second-order valence-electron chi connectivity index (χ2n) is 5.47. The van der Waals surface area contributed by atoms with Gasteiger partial charge in [0.2, 0.25) is 11.1 Å². The van der Waals surface area contributed by atoms with Crippen LogP contribution in [0.3, 0.4) is 0 Å². The monoisotopic (exact) mass is 382 g/mol. The molecule has 11 nitrogen and oxygen atoms in total. The van der Waals surface area contributed by atoms with Crippen molar-refractivity contribution in [1.82, 2.24) is 25.1 Å². The number of fused-ring (bicyclic) bond motifs is 1. The number of ether oxygens (including phenoxy) is 2. The topological polar surface area (TPSA) is 146 Å². The Hall–Kier alpha value is -2.44. The summed E-state index contributed by atoms with van der Waals surface area (Å²) in [7, 11) is 0. The first-order chi connectivity index (χ1) is 12.6. The molecular formula is C14H18N6O5S.